The van der Waals surface area contributed by atoms with Crippen LogP contribution in [0, 0.1) is 12.7 Å². The van der Waals surface area contributed by atoms with Gasteiger partial charge in [-0.3, -0.25) is 0 Å². The predicted molar refractivity (Wildman–Crippen MR) is 41.4 cm³/mol. The van der Waals surface area contributed by atoms with Crippen molar-refractivity contribution in [1.82, 2.24) is 0 Å². The van der Waals surface area contributed by atoms with Crippen molar-refractivity contribution in [2.45, 2.75) is 13.1 Å². The fraction of sp³-hybridized carbons (Fsp3) is 0.222. The van der Waals surface area contributed by atoms with Crippen LogP contribution >= 0.6 is 0 Å². The van der Waals surface area contributed by atoms with Crippen molar-refractivity contribution in [3.8, 4) is 0 Å². The summed E-state index contributed by atoms with van der Waals surface area (Å²) in [7, 11) is 0. The molecular weight excluding hydrogens is 363 g/mol. The van der Waals surface area contributed by atoms with E-state index < -0.39 is 11.7 Å². The van der Waals surface area contributed by atoms with Gasteiger partial charge in [0.15, 0.2) is 0 Å². The zero-order valence-corrected chi connectivity index (χ0v) is 11.0. The van der Waals surface area contributed by atoms with Crippen molar-refractivity contribution in [3.63, 3.8) is 0 Å². The van der Waals surface area contributed by atoms with Crippen LogP contribution in [0.15, 0.2) is 24.3 Å². The summed E-state index contributed by atoms with van der Waals surface area (Å²) >= 11 is 0. The molecule has 0 heterocycles. The molecule has 14 heavy (non-hydrogen) atoms. The van der Waals surface area contributed by atoms with Crippen LogP contribution in [0.4, 0.5) is 17.6 Å². The third-order valence-corrected chi connectivity index (χ3v) is 1.05. The van der Waals surface area contributed by atoms with E-state index in [0.29, 0.717) is 6.67 Å². The number of hydrogen-bond donors (Lipinski definition) is 0. The molecule has 5 heteroatoms. The Morgan fingerprint density at radius 3 is 1.79 bits per heavy atom. The largest absolute Gasteiger partial charge is 0.460 e. The zero-order valence-electron chi connectivity index (χ0n) is 7.40. The maximum atomic E-state index is 11.8. The molecule has 78 valence electrons. The Labute approximate surface area is 99.1 Å². The van der Waals surface area contributed by atoms with E-state index in [1.807, 2.05) is 0 Å². The first-order chi connectivity index (χ1) is 6.02. The summed E-state index contributed by atoms with van der Waals surface area (Å²) < 4.78 is 45.5. The molecule has 0 aromatic heterocycles. The number of alkyl halides is 3. The maximum absolute atomic E-state index is 11.8. The fourth-order valence-electron chi connectivity index (χ4n) is 0.576. The number of benzene rings is 1. The molecule has 0 fully saturated rings. The molecule has 0 spiro atoms. The molecule has 0 nitrogen and oxygen atoms in total. The van der Waals surface area contributed by atoms with Crippen LogP contribution in [0.1, 0.15) is 12.5 Å². The van der Waals surface area contributed by atoms with Gasteiger partial charge >= 0.3 is 6.18 Å². The first kappa shape index (κ1) is 16.2. The van der Waals surface area contributed by atoms with Crippen LogP contribution in [0.25, 0.3) is 0 Å². The number of halogens is 4. The molecule has 0 saturated carbocycles. The fourth-order valence-corrected chi connectivity index (χ4v) is 0.576. The quantitative estimate of drug-likeness (QED) is 0.372. The first-order valence-electron chi connectivity index (χ1n) is 3.43. The molecule has 0 amide bonds. The van der Waals surface area contributed by atoms with Crippen molar-refractivity contribution < 1.29 is 43.4 Å². The summed E-state index contributed by atoms with van der Waals surface area (Å²) in [6, 6.07) is 6.95. The van der Waals surface area contributed by atoms with Crippen molar-refractivity contribution >= 4 is 0 Å². The van der Waals surface area contributed by atoms with E-state index in [2.05, 4.69) is 6.07 Å². The second-order valence-corrected chi connectivity index (χ2v) is 2.00. The molecule has 0 aliphatic rings. The molecule has 1 aromatic rings. The summed E-state index contributed by atoms with van der Waals surface area (Å²) in [6.45, 7) is 1.83. The minimum absolute atomic E-state index is 0. The summed E-state index contributed by atoms with van der Waals surface area (Å²) in [5.74, 6) is 0. The van der Waals surface area contributed by atoms with Crippen molar-refractivity contribution in [2.24, 2.45) is 0 Å². The Bertz CT molecular complexity index is 220. The third-order valence-electron chi connectivity index (χ3n) is 1.05. The molecular formula is C9H8F4Hf-2. The Hall–Kier alpha value is -0.190. The minimum atomic E-state index is -4.23. The van der Waals surface area contributed by atoms with Gasteiger partial charge in [0.05, 0.1) is 0 Å². The first-order valence-corrected chi connectivity index (χ1v) is 3.43. The van der Waals surface area contributed by atoms with E-state index >= 15 is 0 Å². The topological polar surface area (TPSA) is 0 Å². The Morgan fingerprint density at radius 2 is 1.57 bits per heavy atom. The Kier molecular flexibility index (Phi) is 9.45. The van der Waals surface area contributed by atoms with Crippen molar-refractivity contribution in [2.75, 3.05) is 0 Å². The van der Waals surface area contributed by atoms with Gasteiger partial charge in [0, 0.05) is 25.8 Å². The van der Waals surface area contributed by atoms with Crippen LogP contribution in [0.5, 0.6) is 0 Å². The molecule has 0 unspecified atom stereocenters. The third kappa shape index (κ3) is 7.24. The van der Waals surface area contributed by atoms with E-state index in [9.17, 15) is 17.6 Å². The van der Waals surface area contributed by atoms with E-state index in [1.165, 1.54) is 19.1 Å². The van der Waals surface area contributed by atoms with Crippen LogP contribution < -0.4 is 0 Å². The molecule has 1 rings (SSSR count). The van der Waals surface area contributed by atoms with Gasteiger partial charge < -0.3 is 4.39 Å². The Balaban J connectivity index is 0. The molecule has 0 aliphatic heterocycles. The minimum Gasteiger partial charge on any atom is -0.460 e. The summed E-state index contributed by atoms with van der Waals surface area (Å²) in [5, 5.41) is 0. The average molecular weight is 371 g/mol. The van der Waals surface area contributed by atoms with Gasteiger partial charge in [0.2, 0.25) is 0 Å². The summed E-state index contributed by atoms with van der Waals surface area (Å²) in [4.78, 5) is 0. The normalized spacial score (nSPS) is 9.50. The second-order valence-electron chi connectivity index (χ2n) is 2.00. The van der Waals surface area contributed by atoms with E-state index in [-0.39, 0.29) is 25.8 Å². The number of hydrogen-bond acceptors (Lipinski definition) is 0. The van der Waals surface area contributed by atoms with E-state index in [0.717, 1.165) is 12.1 Å². The molecule has 1 aromatic carbocycles. The standard InChI is InChI=1S/C7H4F3.C2H4F.Hf/c8-7(9,10)6-4-2-1-3-5-6;1-2-3;/h2-5H;2H,1H3;/q2*-1;. The molecule has 0 aliphatic carbocycles. The SMILES string of the molecule is C[CH-]F.FC(F)(F)c1cc[c-]cc1.[Hf]. The Morgan fingerprint density at radius 1 is 1.21 bits per heavy atom. The van der Waals surface area contributed by atoms with Crippen LogP contribution in [-0.2, 0) is 32.0 Å². The van der Waals surface area contributed by atoms with Gasteiger partial charge in [0.25, 0.3) is 0 Å². The average Bonchev–Trinajstić information content (AvgIpc) is 2.06. The maximum Gasteiger partial charge on any atom is 0.394 e. The van der Waals surface area contributed by atoms with Crippen LogP contribution in [-0.4, -0.2) is 0 Å². The van der Waals surface area contributed by atoms with Gasteiger partial charge in [-0.05, 0) is 0 Å². The summed E-state index contributed by atoms with van der Waals surface area (Å²) in [5.41, 5.74) is -0.633. The van der Waals surface area contributed by atoms with E-state index in [4.69, 9.17) is 0 Å². The van der Waals surface area contributed by atoms with Crippen LogP contribution in [0.2, 0.25) is 0 Å². The van der Waals surface area contributed by atoms with Crippen molar-refractivity contribution in [3.05, 3.63) is 42.6 Å². The van der Waals surface area contributed by atoms with E-state index in [1.54, 1.807) is 0 Å². The predicted octanol–water partition coefficient (Wildman–Crippen LogP) is 3.64. The number of rotatable bonds is 0. The zero-order chi connectivity index (χ0) is 10.3. The van der Waals surface area contributed by atoms with Gasteiger partial charge in [-0.2, -0.15) is 57.1 Å². The van der Waals surface area contributed by atoms with Gasteiger partial charge in [-0.15, -0.1) is 0 Å². The van der Waals surface area contributed by atoms with Crippen molar-refractivity contribution in [1.29, 1.82) is 0 Å². The van der Waals surface area contributed by atoms with Gasteiger partial charge in [-0.25, -0.2) is 0 Å². The summed E-state index contributed by atoms with van der Waals surface area (Å²) in [6.07, 6.45) is -4.23. The second kappa shape index (κ2) is 8.15. The van der Waals surface area contributed by atoms with Gasteiger partial charge in [0.1, 0.15) is 0 Å². The molecule has 0 atom stereocenters. The molecule has 0 bridgehead atoms. The molecule has 0 radical (unpaired) electrons. The smallest absolute Gasteiger partial charge is 0.394 e. The van der Waals surface area contributed by atoms with Crippen LogP contribution in [0.3, 0.4) is 0 Å². The monoisotopic (exact) mass is 372 g/mol. The molecule has 0 N–H and O–H groups in total. The van der Waals surface area contributed by atoms with Gasteiger partial charge in [-0.1, -0.05) is 5.56 Å². The molecule has 0 saturated heterocycles.